The van der Waals surface area contributed by atoms with Gasteiger partial charge >= 0.3 is 0 Å². The first-order chi connectivity index (χ1) is 15.9. The van der Waals surface area contributed by atoms with E-state index in [9.17, 15) is 9.59 Å². The predicted molar refractivity (Wildman–Crippen MR) is 130 cm³/mol. The highest BCUT2D eigenvalue weighted by Gasteiger charge is 2.42. The molecule has 0 fully saturated rings. The molecule has 1 aliphatic rings. The molecule has 1 aliphatic heterocycles. The van der Waals surface area contributed by atoms with Gasteiger partial charge in [0.1, 0.15) is 11.3 Å². The number of ether oxygens (including phenoxy) is 1. The molecule has 0 saturated carbocycles. The van der Waals surface area contributed by atoms with E-state index in [1.807, 2.05) is 38.4 Å². The molecule has 1 atom stereocenters. The smallest absolute Gasteiger partial charge is 0.290 e. The fraction of sp³-hybridized carbons (Fsp3) is 0.385. The van der Waals surface area contributed by atoms with Crippen molar-refractivity contribution in [2.45, 2.75) is 32.2 Å². The molecule has 33 heavy (non-hydrogen) atoms. The zero-order valence-electron chi connectivity index (χ0n) is 19.3. The van der Waals surface area contributed by atoms with Gasteiger partial charge in [0, 0.05) is 11.6 Å². The molecule has 0 aliphatic carbocycles. The van der Waals surface area contributed by atoms with E-state index in [2.05, 4.69) is 11.8 Å². The van der Waals surface area contributed by atoms with Crippen LogP contribution in [0.2, 0.25) is 5.02 Å². The van der Waals surface area contributed by atoms with Gasteiger partial charge in [0.15, 0.2) is 5.43 Å². The first kappa shape index (κ1) is 23.3. The molecule has 0 radical (unpaired) electrons. The Kier molecular flexibility index (Phi) is 7.05. The Morgan fingerprint density at radius 2 is 1.85 bits per heavy atom. The third-order valence-electron chi connectivity index (χ3n) is 5.89. The molecule has 2 aromatic carbocycles. The molecular weight excluding hydrogens is 440 g/mol. The Labute approximate surface area is 198 Å². The molecular formula is C26H29ClN2O4. The molecule has 0 bridgehead atoms. The van der Waals surface area contributed by atoms with Crippen LogP contribution in [0.3, 0.4) is 0 Å². The lowest BCUT2D eigenvalue weighted by molar-refractivity contribution is 0.0722. The Morgan fingerprint density at radius 3 is 2.55 bits per heavy atom. The molecule has 4 rings (SSSR count). The predicted octanol–water partition coefficient (Wildman–Crippen LogP) is 5.12. The van der Waals surface area contributed by atoms with E-state index in [4.69, 9.17) is 20.8 Å². The van der Waals surface area contributed by atoms with Crippen molar-refractivity contribution < 1.29 is 13.9 Å². The molecule has 2 heterocycles. The lowest BCUT2D eigenvalue weighted by atomic mass is 9.98. The van der Waals surface area contributed by atoms with Crippen LogP contribution in [-0.2, 0) is 0 Å². The van der Waals surface area contributed by atoms with Crippen molar-refractivity contribution in [3.8, 4) is 5.75 Å². The van der Waals surface area contributed by atoms with Crippen LogP contribution in [0, 0.1) is 0 Å². The van der Waals surface area contributed by atoms with Crippen LogP contribution >= 0.6 is 11.6 Å². The van der Waals surface area contributed by atoms with E-state index < -0.39 is 6.04 Å². The van der Waals surface area contributed by atoms with Crippen molar-refractivity contribution >= 4 is 28.5 Å². The van der Waals surface area contributed by atoms with Crippen LogP contribution in [0.1, 0.15) is 53.9 Å². The zero-order valence-corrected chi connectivity index (χ0v) is 20.0. The number of nitrogens with zero attached hydrogens (tertiary/aromatic N) is 2. The maximum absolute atomic E-state index is 13.5. The van der Waals surface area contributed by atoms with E-state index in [0.29, 0.717) is 34.7 Å². The van der Waals surface area contributed by atoms with Crippen LogP contribution in [0.25, 0.3) is 11.0 Å². The highest BCUT2D eigenvalue weighted by atomic mass is 35.5. The third-order valence-corrected chi connectivity index (χ3v) is 6.13. The highest BCUT2D eigenvalue weighted by molar-refractivity contribution is 6.31. The summed E-state index contributed by atoms with van der Waals surface area (Å²) in [6, 6.07) is 12.0. The van der Waals surface area contributed by atoms with Crippen molar-refractivity contribution in [2.75, 3.05) is 33.8 Å². The molecule has 0 spiro atoms. The maximum Gasteiger partial charge on any atom is 0.290 e. The van der Waals surface area contributed by atoms with E-state index in [1.165, 1.54) is 0 Å². The van der Waals surface area contributed by atoms with Gasteiger partial charge in [0.2, 0.25) is 5.76 Å². The quantitative estimate of drug-likeness (QED) is 0.408. The van der Waals surface area contributed by atoms with Gasteiger partial charge in [-0.25, -0.2) is 0 Å². The molecule has 1 amide bonds. The lowest BCUT2D eigenvalue weighted by Crippen LogP contribution is -2.32. The average Bonchev–Trinajstić information content (AvgIpc) is 3.07. The molecule has 1 unspecified atom stereocenters. The van der Waals surface area contributed by atoms with Gasteiger partial charge < -0.3 is 19.0 Å². The normalized spacial score (nSPS) is 15.5. The molecule has 1 aromatic heterocycles. The van der Waals surface area contributed by atoms with Gasteiger partial charge in [-0.2, -0.15) is 0 Å². The van der Waals surface area contributed by atoms with Crippen molar-refractivity contribution in [1.82, 2.24) is 9.80 Å². The minimum atomic E-state index is -0.515. The number of carbonyl (C=O) groups is 1. The van der Waals surface area contributed by atoms with Crippen LogP contribution in [0.5, 0.6) is 5.75 Å². The number of unbranched alkanes of at least 4 members (excludes halogenated alkanes) is 1. The number of amides is 1. The molecule has 7 heteroatoms. The van der Waals surface area contributed by atoms with E-state index in [0.717, 1.165) is 37.1 Å². The first-order valence-electron chi connectivity index (χ1n) is 11.4. The fourth-order valence-electron chi connectivity index (χ4n) is 4.21. The maximum atomic E-state index is 13.5. The van der Waals surface area contributed by atoms with Crippen LogP contribution in [0.15, 0.2) is 51.7 Å². The SMILES string of the molecule is CCCCOc1ccc(C2c3c(oc4ccc(Cl)cc4c3=O)C(=O)N2CCCN(C)C)cc1. The van der Waals surface area contributed by atoms with E-state index in [-0.39, 0.29) is 17.1 Å². The summed E-state index contributed by atoms with van der Waals surface area (Å²) in [4.78, 5) is 30.7. The lowest BCUT2D eigenvalue weighted by Gasteiger charge is -2.26. The summed E-state index contributed by atoms with van der Waals surface area (Å²) in [5.74, 6) is 0.632. The number of benzene rings is 2. The molecule has 3 aromatic rings. The minimum Gasteiger partial charge on any atom is -0.494 e. The van der Waals surface area contributed by atoms with Crippen molar-refractivity contribution in [2.24, 2.45) is 0 Å². The Hall–Kier alpha value is -2.83. The number of hydrogen-bond acceptors (Lipinski definition) is 5. The molecule has 0 saturated heterocycles. The number of rotatable bonds is 9. The summed E-state index contributed by atoms with van der Waals surface area (Å²) in [6.07, 6.45) is 2.83. The summed E-state index contributed by atoms with van der Waals surface area (Å²) >= 11 is 6.14. The second-order valence-corrected chi connectivity index (χ2v) is 9.08. The largest absolute Gasteiger partial charge is 0.494 e. The fourth-order valence-corrected chi connectivity index (χ4v) is 4.38. The minimum absolute atomic E-state index is 0.118. The van der Waals surface area contributed by atoms with Gasteiger partial charge in [-0.15, -0.1) is 0 Å². The van der Waals surface area contributed by atoms with Gasteiger partial charge in [-0.1, -0.05) is 37.1 Å². The first-order valence-corrected chi connectivity index (χ1v) is 11.7. The van der Waals surface area contributed by atoms with E-state index in [1.54, 1.807) is 23.1 Å². The van der Waals surface area contributed by atoms with Crippen molar-refractivity contribution in [3.05, 3.63) is 74.6 Å². The summed E-state index contributed by atoms with van der Waals surface area (Å²) in [6.45, 7) is 4.12. The van der Waals surface area contributed by atoms with Crippen LogP contribution in [-0.4, -0.2) is 49.5 Å². The molecule has 6 nitrogen and oxygen atoms in total. The summed E-state index contributed by atoms with van der Waals surface area (Å²) in [5.41, 5.74) is 1.37. The van der Waals surface area contributed by atoms with Gasteiger partial charge in [0.25, 0.3) is 5.91 Å². The van der Waals surface area contributed by atoms with Crippen molar-refractivity contribution in [3.63, 3.8) is 0 Å². The van der Waals surface area contributed by atoms with Gasteiger partial charge in [-0.3, -0.25) is 9.59 Å². The number of halogens is 1. The summed E-state index contributed by atoms with van der Waals surface area (Å²) in [7, 11) is 3.99. The zero-order chi connectivity index (χ0) is 23.5. The van der Waals surface area contributed by atoms with Crippen LogP contribution < -0.4 is 10.2 Å². The Morgan fingerprint density at radius 1 is 1.09 bits per heavy atom. The van der Waals surface area contributed by atoms with Crippen molar-refractivity contribution in [1.29, 1.82) is 0 Å². The second-order valence-electron chi connectivity index (χ2n) is 8.64. The molecule has 174 valence electrons. The number of fused-ring (bicyclic) bond motifs is 2. The highest BCUT2D eigenvalue weighted by Crippen LogP contribution is 2.39. The standard InChI is InChI=1S/C26H29ClN2O4/c1-4-5-15-32-19-10-7-17(8-11-19)23-22-24(30)20-16-18(27)9-12-21(20)33-25(22)26(31)29(23)14-6-13-28(2)3/h7-12,16,23H,4-6,13-15H2,1-3H3. The third kappa shape index (κ3) is 4.77. The monoisotopic (exact) mass is 468 g/mol. The summed E-state index contributed by atoms with van der Waals surface area (Å²) in [5, 5.41) is 0.834. The number of carbonyl (C=O) groups excluding carboxylic acids is 1. The molecule has 0 N–H and O–H groups in total. The Bertz CT molecular complexity index is 1200. The van der Waals surface area contributed by atoms with Gasteiger partial charge in [0.05, 0.1) is 23.6 Å². The van der Waals surface area contributed by atoms with Crippen LogP contribution in [0.4, 0.5) is 0 Å². The number of hydrogen-bond donors (Lipinski definition) is 0. The topological polar surface area (TPSA) is 63.0 Å². The average molecular weight is 469 g/mol. The van der Waals surface area contributed by atoms with Gasteiger partial charge in [-0.05, 0) is 69.4 Å². The summed E-state index contributed by atoms with van der Waals surface area (Å²) < 4.78 is 11.8. The Balaban J connectivity index is 1.76. The second kappa shape index (κ2) is 9.98. The van der Waals surface area contributed by atoms with E-state index >= 15 is 0 Å².